The molecule has 1 saturated carbocycles. The number of carbonyl (C=O) groups excluding carboxylic acids is 2. The highest BCUT2D eigenvalue weighted by atomic mass is 35.5. The van der Waals surface area contributed by atoms with Crippen molar-refractivity contribution in [2.75, 3.05) is 41.7 Å². The van der Waals surface area contributed by atoms with Crippen molar-refractivity contribution in [2.45, 2.75) is 37.8 Å². The van der Waals surface area contributed by atoms with Gasteiger partial charge in [-0.2, -0.15) is 4.98 Å². The number of urea groups is 1. The Kier molecular flexibility index (Phi) is 8.51. The molecule has 2 heterocycles. The standard InChI is InChI=1S/C28H34ClN9O2/c29-23-17-32-27(36-26(23)35-24-4-2-1-3-22(24)25(31)39)33-19-9-11-21(12-10-19)37-13-15-38(16-14-37)28(40)34-20-7-5-18(30)6-8-20/h1-4,9-12,17-18,20H,5-8,13-16,30H2,(H2,31,39)(H,34,40)(H2,32,33,35,36)/t18-,20+. The van der Waals surface area contributed by atoms with E-state index in [-0.39, 0.29) is 18.1 Å². The predicted octanol–water partition coefficient (Wildman–Crippen LogP) is 3.82. The van der Waals surface area contributed by atoms with Gasteiger partial charge in [0, 0.05) is 49.6 Å². The van der Waals surface area contributed by atoms with Gasteiger partial charge in [0.2, 0.25) is 5.95 Å². The maximum Gasteiger partial charge on any atom is 0.317 e. The van der Waals surface area contributed by atoms with Gasteiger partial charge in [-0.3, -0.25) is 4.79 Å². The molecule has 0 bridgehead atoms. The van der Waals surface area contributed by atoms with Gasteiger partial charge in [0.05, 0.1) is 17.4 Å². The molecule has 1 aliphatic carbocycles. The fourth-order valence-corrected chi connectivity index (χ4v) is 5.17. The lowest BCUT2D eigenvalue weighted by Gasteiger charge is -2.37. The van der Waals surface area contributed by atoms with Gasteiger partial charge in [0.1, 0.15) is 5.02 Å². The van der Waals surface area contributed by atoms with Gasteiger partial charge < -0.3 is 37.2 Å². The third-order valence-electron chi connectivity index (χ3n) is 7.34. The van der Waals surface area contributed by atoms with Crippen molar-refractivity contribution < 1.29 is 9.59 Å². The van der Waals surface area contributed by atoms with Crippen LogP contribution in [0.15, 0.2) is 54.7 Å². The van der Waals surface area contributed by atoms with Crippen molar-refractivity contribution in [3.63, 3.8) is 0 Å². The molecule has 3 aromatic rings. The molecule has 12 heteroatoms. The summed E-state index contributed by atoms with van der Waals surface area (Å²) in [5.41, 5.74) is 14.2. The maximum absolute atomic E-state index is 12.7. The molecule has 11 nitrogen and oxygen atoms in total. The number of carbonyl (C=O) groups is 2. The van der Waals surface area contributed by atoms with E-state index in [1.807, 2.05) is 29.2 Å². The molecule has 0 atom stereocenters. The van der Waals surface area contributed by atoms with E-state index in [4.69, 9.17) is 23.1 Å². The van der Waals surface area contributed by atoms with Gasteiger partial charge in [-0.25, -0.2) is 9.78 Å². The summed E-state index contributed by atoms with van der Waals surface area (Å²) >= 11 is 6.30. The molecule has 3 amide bonds. The molecule has 2 aromatic carbocycles. The van der Waals surface area contributed by atoms with Crippen LogP contribution in [0.25, 0.3) is 0 Å². The van der Waals surface area contributed by atoms with Crippen molar-refractivity contribution in [3.8, 4) is 0 Å². The van der Waals surface area contributed by atoms with Gasteiger partial charge in [-0.1, -0.05) is 23.7 Å². The second kappa shape index (κ2) is 12.4. The fraction of sp³-hybridized carbons (Fsp3) is 0.357. The van der Waals surface area contributed by atoms with E-state index in [1.54, 1.807) is 24.3 Å². The normalized spacial score (nSPS) is 19.1. The third kappa shape index (κ3) is 6.72. The summed E-state index contributed by atoms with van der Waals surface area (Å²) in [7, 11) is 0. The zero-order valence-electron chi connectivity index (χ0n) is 22.1. The molecule has 40 heavy (non-hydrogen) atoms. The summed E-state index contributed by atoms with van der Waals surface area (Å²) in [4.78, 5) is 37.4. The smallest absolute Gasteiger partial charge is 0.317 e. The number of primary amides is 1. The monoisotopic (exact) mass is 563 g/mol. The number of nitrogens with two attached hydrogens (primary N) is 2. The molecule has 1 aliphatic heterocycles. The van der Waals surface area contributed by atoms with Gasteiger partial charge in [0.15, 0.2) is 5.82 Å². The zero-order valence-corrected chi connectivity index (χ0v) is 22.9. The number of aromatic nitrogens is 2. The Balaban J connectivity index is 1.15. The Labute approximate surface area is 238 Å². The number of para-hydroxylation sites is 1. The van der Waals surface area contributed by atoms with Crippen molar-refractivity contribution >= 4 is 52.4 Å². The molecule has 7 N–H and O–H groups in total. The SMILES string of the molecule is NC(=O)c1ccccc1Nc1nc(Nc2ccc(N3CCN(C(=O)N[C@H]4CC[C@@H](N)CC4)CC3)cc2)ncc1Cl. The summed E-state index contributed by atoms with van der Waals surface area (Å²) in [6.07, 6.45) is 5.33. The van der Waals surface area contributed by atoms with Gasteiger partial charge in [-0.15, -0.1) is 0 Å². The molecule has 5 rings (SSSR count). The van der Waals surface area contributed by atoms with Crippen molar-refractivity contribution in [3.05, 3.63) is 65.3 Å². The molecular weight excluding hydrogens is 530 g/mol. The van der Waals surface area contributed by atoms with Gasteiger partial charge in [0.25, 0.3) is 5.91 Å². The van der Waals surface area contributed by atoms with Crippen LogP contribution < -0.4 is 32.3 Å². The Morgan fingerprint density at radius 1 is 0.925 bits per heavy atom. The maximum atomic E-state index is 12.7. The first kappa shape index (κ1) is 27.5. The predicted molar refractivity (Wildman–Crippen MR) is 158 cm³/mol. The highest BCUT2D eigenvalue weighted by molar-refractivity contribution is 6.33. The van der Waals surface area contributed by atoms with Crippen LogP contribution in [0.5, 0.6) is 0 Å². The second-order valence-electron chi connectivity index (χ2n) is 10.1. The average molecular weight is 564 g/mol. The van der Waals surface area contributed by atoms with E-state index < -0.39 is 5.91 Å². The second-order valence-corrected chi connectivity index (χ2v) is 10.5. The van der Waals surface area contributed by atoms with Crippen molar-refractivity contribution in [1.29, 1.82) is 0 Å². The molecule has 2 aliphatic rings. The summed E-state index contributed by atoms with van der Waals surface area (Å²) < 4.78 is 0. The highest BCUT2D eigenvalue weighted by Gasteiger charge is 2.25. The van der Waals surface area contributed by atoms with Crippen LogP contribution in [-0.2, 0) is 0 Å². The van der Waals surface area contributed by atoms with E-state index in [0.29, 0.717) is 41.1 Å². The number of halogens is 1. The van der Waals surface area contributed by atoms with Crippen LogP contribution in [-0.4, -0.2) is 65.1 Å². The first-order valence-electron chi connectivity index (χ1n) is 13.5. The van der Waals surface area contributed by atoms with Crippen molar-refractivity contribution in [1.82, 2.24) is 20.2 Å². The minimum absolute atomic E-state index is 0.0228. The largest absolute Gasteiger partial charge is 0.368 e. The van der Waals surface area contributed by atoms with E-state index in [2.05, 4.69) is 30.8 Å². The van der Waals surface area contributed by atoms with Crippen LogP contribution >= 0.6 is 11.6 Å². The molecule has 1 aromatic heterocycles. The number of nitrogens with zero attached hydrogens (tertiary/aromatic N) is 4. The van der Waals surface area contributed by atoms with E-state index in [1.165, 1.54) is 6.20 Å². The first-order chi connectivity index (χ1) is 19.4. The van der Waals surface area contributed by atoms with Crippen LogP contribution in [0.1, 0.15) is 36.0 Å². The number of nitrogens with one attached hydrogen (secondary N) is 3. The molecule has 0 spiro atoms. The summed E-state index contributed by atoms with van der Waals surface area (Å²) in [6.45, 7) is 2.87. The molecule has 210 valence electrons. The Hall–Kier alpha value is -4.09. The number of hydrogen-bond acceptors (Lipinski definition) is 8. The van der Waals surface area contributed by atoms with Crippen molar-refractivity contribution in [2.24, 2.45) is 11.5 Å². The topological polar surface area (TPSA) is 155 Å². The Morgan fingerprint density at radius 2 is 1.62 bits per heavy atom. The third-order valence-corrected chi connectivity index (χ3v) is 7.62. The van der Waals surface area contributed by atoms with Crippen LogP contribution in [0.3, 0.4) is 0 Å². The lowest BCUT2D eigenvalue weighted by molar-refractivity contribution is 0.100. The van der Waals surface area contributed by atoms with E-state index in [0.717, 1.165) is 50.1 Å². The quantitative estimate of drug-likeness (QED) is 0.290. The number of piperazine rings is 1. The fourth-order valence-electron chi connectivity index (χ4n) is 5.03. The minimum Gasteiger partial charge on any atom is -0.368 e. The van der Waals surface area contributed by atoms with Crippen LogP contribution in [0.2, 0.25) is 5.02 Å². The summed E-state index contributed by atoms with van der Waals surface area (Å²) in [5, 5.41) is 9.74. The number of hydrogen-bond donors (Lipinski definition) is 5. The van der Waals surface area contributed by atoms with E-state index >= 15 is 0 Å². The van der Waals surface area contributed by atoms with Crippen LogP contribution in [0, 0.1) is 0 Å². The van der Waals surface area contributed by atoms with Gasteiger partial charge >= 0.3 is 6.03 Å². The Morgan fingerprint density at radius 3 is 2.33 bits per heavy atom. The van der Waals surface area contributed by atoms with E-state index in [9.17, 15) is 9.59 Å². The lowest BCUT2D eigenvalue weighted by atomic mass is 9.92. The minimum atomic E-state index is -0.554. The number of amides is 3. The average Bonchev–Trinajstić information content (AvgIpc) is 2.97. The molecular formula is C28H34ClN9O2. The lowest BCUT2D eigenvalue weighted by Crippen LogP contribution is -2.54. The Bertz CT molecular complexity index is 1340. The summed E-state index contributed by atoms with van der Waals surface area (Å²) in [5.74, 6) is 0.135. The zero-order chi connectivity index (χ0) is 28.1. The van der Waals surface area contributed by atoms with Crippen LogP contribution in [0.4, 0.5) is 33.6 Å². The number of rotatable bonds is 7. The van der Waals surface area contributed by atoms with Gasteiger partial charge in [-0.05, 0) is 62.1 Å². The summed E-state index contributed by atoms with van der Waals surface area (Å²) in [6, 6.07) is 15.4. The molecule has 0 unspecified atom stereocenters. The molecule has 0 radical (unpaired) electrons. The molecule has 1 saturated heterocycles. The first-order valence-corrected chi connectivity index (χ1v) is 13.8. The molecule has 2 fully saturated rings. The highest BCUT2D eigenvalue weighted by Crippen LogP contribution is 2.27. The number of benzene rings is 2. The number of anilines is 5.